The first-order valence-electron chi connectivity index (χ1n) is 7.71. The maximum absolute atomic E-state index is 12.2. The van der Waals surface area contributed by atoms with Crippen LogP contribution in [0.25, 0.3) is 0 Å². The average molecular weight is 252 g/mol. The van der Waals surface area contributed by atoms with Crippen molar-refractivity contribution in [2.45, 2.75) is 70.9 Å². The van der Waals surface area contributed by atoms with Gasteiger partial charge in [0.2, 0.25) is 5.91 Å². The van der Waals surface area contributed by atoms with Crippen molar-refractivity contribution in [2.75, 3.05) is 13.1 Å². The molecule has 0 aromatic heterocycles. The molecule has 3 nitrogen and oxygen atoms in total. The normalized spacial score (nSPS) is 29.8. The summed E-state index contributed by atoms with van der Waals surface area (Å²) in [7, 11) is 0. The van der Waals surface area contributed by atoms with Crippen molar-refractivity contribution in [1.29, 1.82) is 0 Å². The molecule has 0 aromatic carbocycles. The maximum Gasteiger partial charge on any atom is 0.222 e. The average Bonchev–Trinajstić information content (AvgIpc) is 2.85. The Morgan fingerprint density at radius 2 is 2.00 bits per heavy atom. The molecule has 0 radical (unpaired) electrons. The second-order valence-electron chi connectivity index (χ2n) is 6.11. The minimum Gasteiger partial charge on any atom is -0.337 e. The largest absolute Gasteiger partial charge is 0.337 e. The number of carbonyl (C=O) groups is 1. The number of rotatable bonds is 4. The van der Waals surface area contributed by atoms with E-state index in [4.69, 9.17) is 0 Å². The van der Waals surface area contributed by atoms with Crippen LogP contribution in [0.2, 0.25) is 0 Å². The van der Waals surface area contributed by atoms with Gasteiger partial charge in [-0.05, 0) is 32.6 Å². The molecule has 2 unspecified atom stereocenters. The second kappa shape index (κ2) is 6.55. The summed E-state index contributed by atoms with van der Waals surface area (Å²) in [4.78, 5) is 14.3. The van der Waals surface area contributed by atoms with E-state index in [1.165, 1.54) is 32.1 Å². The molecule has 1 saturated heterocycles. The van der Waals surface area contributed by atoms with Crippen molar-refractivity contribution in [1.82, 2.24) is 10.2 Å². The van der Waals surface area contributed by atoms with Crippen LogP contribution in [0.1, 0.15) is 58.8 Å². The van der Waals surface area contributed by atoms with Gasteiger partial charge in [0.15, 0.2) is 0 Å². The van der Waals surface area contributed by atoms with Crippen LogP contribution in [0.15, 0.2) is 0 Å². The van der Waals surface area contributed by atoms with Gasteiger partial charge in [-0.15, -0.1) is 0 Å². The smallest absolute Gasteiger partial charge is 0.222 e. The highest BCUT2D eigenvalue weighted by atomic mass is 16.2. The third-order valence-electron chi connectivity index (χ3n) is 4.83. The molecule has 18 heavy (non-hydrogen) atoms. The number of nitrogens with zero attached hydrogens (tertiary/aromatic N) is 1. The Morgan fingerprint density at radius 1 is 1.28 bits per heavy atom. The molecule has 1 saturated carbocycles. The van der Waals surface area contributed by atoms with Crippen molar-refractivity contribution < 1.29 is 4.79 Å². The van der Waals surface area contributed by atoms with E-state index in [0.29, 0.717) is 18.0 Å². The molecule has 1 N–H and O–H groups in total. The Kier molecular flexibility index (Phi) is 5.04. The first kappa shape index (κ1) is 13.9. The highest BCUT2D eigenvalue weighted by molar-refractivity contribution is 5.76. The van der Waals surface area contributed by atoms with Crippen molar-refractivity contribution >= 4 is 5.91 Å². The summed E-state index contributed by atoms with van der Waals surface area (Å²) in [5.74, 6) is 1.28. The fraction of sp³-hybridized carbons (Fsp3) is 0.933. The van der Waals surface area contributed by atoms with E-state index in [-0.39, 0.29) is 0 Å². The zero-order chi connectivity index (χ0) is 13.0. The van der Waals surface area contributed by atoms with Crippen LogP contribution in [0.4, 0.5) is 0 Å². The predicted molar refractivity (Wildman–Crippen MR) is 74.4 cm³/mol. The number of hydrogen-bond acceptors (Lipinski definition) is 2. The van der Waals surface area contributed by atoms with E-state index >= 15 is 0 Å². The molecule has 1 aliphatic heterocycles. The molecule has 2 rings (SSSR count). The Balaban J connectivity index is 1.70. The molecule has 0 aromatic rings. The third-order valence-corrected chi connectivity index (χ3v) is 4.83. The summed E-state index contributed by atoms with van der Waals surface area (Å²) >= 11 is 0. The maximum atomic E-state index is 12.2. The SMILES string of the molecule is CC1NCCN(C(=O)CCCC2CCCC2)C1C. The molecule has 1 aliphatic carbocycles. The Labute approximate surface area is 111 Å². The highest BCUT2D eigenvalue weighted by Crippen LogP contribution is 2.29. The number of carbonyl (C=O) groups excluding carboxylic acids is 1. The van der Waals surface area contributed by atoms with Gasteiger partial charge in [-0.1, -0.05) is 25.7 Å². The molecule has 2 aliphatic rings. The van der Waals surface area contributed by atoms with E-state index in [2.05, 4.69) is 24.1 Å². The van der Waals surface area contributed by atoms with E-state index in [0.717, 1.165) is 31.8 Å². The van der Waals surface area contributed by atoms with E-state index in [1.54, 1.807) is 0 Å². The molecular formula is C15H28N2O. The molecule has 0 spiro atoms. The lowest BCUT2D eigenvalue weighted by molar-refractivity contribution is -0.135. The van der Waals surface area contributed by atoms with E-state index in [9.17, 15) is 4.79 Å². The zero-order valence-corrected chi connectivity index (χ0v) is 12.0. The summed E-state index contributed by atoms with van der Waals surface area (Å²) in [6.45, 7) is 6.15. The van der Waals surface area contributed by atoms with Crippen molar-refractivity contribution in [3.8, 4) is 0 Å². The molecule has 1 amide bonds. The Morgan fingerprint density at radius 3 is 2.72 bits per heavy atom. The van der Waals surface area contributed by atoms with Crippen LogP contribution in [0, 0.1) is 5.92 Å². The van der Waals surface area contributed by atoms with Crippen LogP contribution < -0.4 is 5.32 Å². The van der Waals surface area contributed by atoms with Gasteiger partial charge >= 0.3 is 0 Å². The molecule has 2 fully saturated rings. The van der Waals surface area contributed by atoms with Gasteiger partial charge in [0.05, 0.1) is 0 Å². The van der Waals surface area contributed by atoms with Crippen LogP contribution in [-0.2, 0) is 4.79 Å². The zero-order valence-electron chi connectivity index (χ0n) is 12.0. The van der Waals surface area contributed by atoms with E-state index in [1.807, 2.05) is 0 Å². The van der Waals surface area contributed by atoms with Crippen LogP contribution in [0.3, 0.4) is 0 Å². The standard InChI is InChI=1S/C15H28N2O/c1-12-13(2)17(11-10-16-12)15(18)9-5-8-14-6-3-4-7-14/h12-14,16H,3-11H2,1-2H3. The minimum atomic E-state index is 0.345. The second-order valence-corrected chi connectivity index (χ2v) is 6.11. The lowest BCUT2D eigenvalue weighted by atomic mass is 9.99. The Hall–Kier alpha value is -0.570. The summed E-state index contributed by atoms with van der Waals surface area (Å²) in [6.07, 6.45) is 8.73. The topological polar surface area (TPSA) is 32.3 Å². The van der Waals surface area contributed by atoms with Crippen LogP contribution in [0.5, 0.6) is 0 Å². The molecule has 104 valence electrons. The summed E-state index contributed by atoms with van der Waals surface area (Å²) in [6, 6.07) is 0.773. The van der Waals surface area contributed by atoms with Gasteiger partial charge in [0, 0.05) is 31.6 Å². The third kappa shape index (κ3) is 3.47. The number of piperazine rings is 1. The van der Waals surface area contributed by atoms with Gasteiger partial charge in [-0.25, -0.2) is 0 Å². The molecular weight excluding hydrogens is 224 g/mol. The van der Waals surface area contributed by atoms with Gasteiger partial charge in [0.25, 0.3) is 0 Å². The van der Waals surface area contributed by atoms with Crippen LogP contribution >= 0.6 is 0 Å². The first-order chi connectivity index (χ1) is 8.68. The summed E-state index contributed by atoms with van der Waals surface area (Å²) in [5, 5.41) is 3.42. The van der Waals surface area contributed by atoms with E-state index < -0.39 is 0 Å². The monoisotopic (exact) mass is 252 g/mol. The van der Waals surface area contributed by atoms with Crippen LogP contribution in [-0.4, -0.2) is 36.0 Å². The fourth-order valence-electron chi connectivity index (χ4n) is 3.39. The minimum absolute atomic E-state index is 0.345. The predicted octanol–water partition coefficient (Wildman–Crippen LogP) is 2.56. The lowest BCUT2D eigenvalue weighted by Gasteiger charge is -2.38. The first-order valence-corrected chi connectivity index (χ1v) is 7.71. The van der Waals surface area contributed by atoms with Crippen molar-refractivity contribution in [3.63, 3.8) is 0 Å². The molecule has 1 heterocycles. The summed E-state index contributed by atoms with van der Waals surface area (Å²) in [5.41, 5.74) is 0. The Bertz CT molecular complexity index is 274. The van der Waals surface area contributed by atoms with Gasteiger partial charge in [0.1, 0.15) is 0 Å². The molecule has 2 atom stereocenters. The fourth-order valence-corrected chi connectivity index (χ4v) is 3.39. The number of nitrogens with one attached hydrogen (secondary N) is 1. The van der Waals surface area contributed by atoms with Gasteiger partial charge in [-0.3, -0.25) is 4.79 Å². The number of hydrogen-bond donors (Lipinski definition) is 1. The molecule has 3 heteroatoms. The summed E-state index contributed by atoms with van der Waals surface area (Å²) < 4.78 is 0. The highest BCUT2D eigenvalue weighted by Gasteiger charge is 2.27. The van der Waals surface area contributed by atoms with Crippen molar-refractivity contribution in [2.24, 2.45) is 5.92 Å². The molecule has 0 bridgehead atoms. The number of amides is 1. The quantitative estimate of drug-likeness (QED) is 0.834. The van der Waals surface area contributed by atoms with Gasteiger partial charge < -0.3 is 10.2 Å². The lowest BCUT2D eigenvalue weighted by Crippen LogP contribution is -2.57. The van der Waals surface area contributed by atoms with Gasteiger partial charge in [-0.2, -0.15) is 0 Å². The van der Waals surface area contributed by atoms with Crippen molar-refractivity contribution in [3.05, 3.63) is 0 Å².